The summed E-state index contributed by atoms with van der Waals surface area (Å²) in [5, 5.41) is 12.0. The van der Waals surface area contributed by atoms with Crippen molar-refractivity contribution in [1.82, 2.24) is 9.88 Å². The third kappa shape index (κ3) is 4.81. The highest BCUT2D eigenvalue weighted by atomic mass is 19.2. The van der Waals surface area contributed by atoms with Crippen molar-refractivity contribution in [2.45, 2.75) is 25.5 Å². The van der Waals surface area contributed by atoms with E-state index in [1.54, 1.807) is 17.0 Å². The summed E-state index contributed by atoms with van der Waals surface area (Å²) in [6.45, 7) is 6.27. The number of benzene rings is 1. The second kappa shape index (κ2) is 9.46. The highest BCUT2D eigenvalue weighted by Crippen LogP contribution is 2.29. The number of hydrogen-bond acceptors (Lipinski definition) is 5. The summed E-state index contributed by atoms with van der Waals surface area (Å²) in [6.07, 6.45) is 2.28. The van der Waals surface area contributed by atoms with Gasteiger partial charge in [0.2, 0.25) is 5.91 Å². The molecular weight excluding hydrogens is 390 g/mol. The average molecular weight is 412 g/mol. The third-order valence-corrected chi connectivity index (χ3v) is 4.93. The average Bonchev–Trinajstić information content (AvgIpc) is 2.77. The lowest BCUT2D eigenvalue weighted by atomic mass is 9.95. The van der Waals surface area contributed by atoms with Crippen LogP contribution in [0.15, 0.2) is 43.1 Å². The lowest BCUT2D eigenvalue weighted by Gasteiger charge is -2.33. The van der Waals surface area contributed by atoms with E-state index in [9.17, 15) is 13.6 Å². The number of morpholine rings is 1. The van der Waals surface area contributed by atoms with Gasteiger partial charge in [-0.15, -0.1) is 0 Å². The van der Waals surface area contributed by atoms with Gasteiger partial charge in [-0.2, -0.15) is 5.26 Å². The van der Waals surface area contributed by atoms with E-state index in [4.69, 9.17) is 10.00 Å². The molecule has 0 unspecified atom stereocenters. The van der Waals surface area contributed by atoms with Crippen LogP contribution in [0.5, 0.6) is 0 Å². The molecule has 3 rings (SSSR count). The zero-order valence-corrected chi connectivity index (χ0v) is 16.6. The van der Waals surface area contributed by atoms with E-state index < -0.39 is 17.7 Å². The van der Waals surface area contributed by atoms with Gasteiger partial charge in [0, 0.05) is 18.8 Å². The molecule has 30 heavy (non-hydrogen) atoms. The Kier molecular flexibility index (Phi) is 6.75. The molecule has 0 saturated carbocycles. The molecule has 1 fully saturated rings. The number of nitrogens with zero attached hydrogens (tertiary/aromatic N) is 3. The maximum atomic E-state index is 14.7. The van der Waals surface area contributed by atoms with Crippen LogP contribution in [0.2, 0.25) is 0 Å². The maximum Gasteiger partial charge on any atom is 0.246 e. The summed E-state index contributed by atoms with van der Waals surface area (Å²) in [4.78, 5) is 17.7. The Morgan fingerprint density at radius 2 is 2.27 bits per heavy atom. The molecule has 2 aromatic rings. The number of nitrogens with one attached hydrogen (secondary N) is 1. The van der Waals surface area contributed by atoms with Crippen molar-refractivity contribution in [3.05, 3.63) is 71.4 Å². The summed E-state index contributed by atoms with van der Waals surface area (Å²) in [7, 11) is 0. The zero-order chi connectivity index (χ0) is 21.7. The summed E-state index contributed by atoms with van der Waals surface area (Å²) in [6, 6.07) is 7.57. The molecule has 6 nitrogen and oxygen atoms in total. The van der Waals surface area contributed by atoms with Crippen molar-refractivity contribution in [1.29, 1.82) is 5.26 Å². The van der Waals surface area contributed by atoms with Gasteiger partial charge in [-0.05, 0) is 48.7 Å². The molecule has 1 saturated heterocycles. The monoisotopic (exact) mass is 412 g/mol. The van der Waals surface area contributed by atoms with Crippen molar-refractivity contribution in [2.75, 3.05) is 25.0 Å². The lowest BCUT2D eigenvalue weighted by Crippen LogP contribution is -2.41. The number of amides is 1. The Morgan fingerprint density at radius 3 is 2.93 bits per heavy atom. The van der Waals surface area contributed by atoms with Crippen LogP contribution >= 0.6 is 0 Å². The first-order valence-corrected chi connectivity index (χ1v) is 9.55. The molecule has 8 heteroatoms. The highest BCUT2D eigenvalue weighted by molar-refractivity contribution is 5.87. The first-order valence-electron chi connectivity index (χ1n) is 9.55. The van der Waals surface area contributed by atoms with Crippen molar-refractivity contribution in [3.8, 4) is 6.07 Å². The number of rotatable bonds is 6. The molecule has 2 heterocycles. The van der Waals surface area contributed by atoms with Gasteiger partial charge in [0.1, 0.15) is 18.0 Å². The fourth-order valence-corrected chi connectivity index (χ4v) is 3.44. The second-order valence-corrected chi connectivity index (χ2v) is 7.07. The van der Waals surface area contributed by atoms with Crippen LogP contribution in [0.4, 0.5) is 14.6 Å². The molecule has 1 N–H and O–H groups in total. The van der Waals surface area contributed by atoms with Crippen molar-refractivity contribution in [2.24, 2.45) is 0 Å². The van der Waals surface area contributed by atoms with Gasteiger partial charge in [-0.3, -0.25) is 4.79 Å². The Labute approximate surface area is 173 Å². The number of hydrogen-bond donors (Lipinski definition) is 1. The number of carbonyl (C=O) groups excluding carboxylic acids is 1. The number of halogens is 2. The molecule has 1 amide bonds. The predicted octanol–water partition coefficient (Wildman–Crippen LogP) is 3.36. The van der Waals surface area contributed by atoms with E-state index in [1.165, 1.54) is 18.3 Å². The SMILES string of the molecule is C=CC(=O)N1CCO[C@@H](c2ccc(F)c(F)c2C[C@H](C)Nc2ccc(C#N)cn2)C1. The fourth-order valence-electron chi connectivity index (χ4n) is 3.44. The zero-order valence-electron chi connectivity index (χ0n) is 16.6. The number of anilines is 1. The Balaban J connectivity index is 1.81. The van der Waals surface area contributed by atoms with E-state index in [1.807, 2.05) is 13.0 Å². The minimum Gasteiger partial charge on any atom is -0.370 e. The third-order valence-electron chi connectivity index (χ3n) is 4.93. The smallest absolute Gasteiger partial charge is 0.246 e. The highest BCUT2D eigenvalue weighted by Gasteiger charge is 2.28. The van der Waals surface area contributed by atoms with Crippen LogP contribution in [0.25, 0.3) is 0 Å². The normalized spacial score (nSPS) is 17.1. The minimum absolute atomic E-state index is 0.176. The summed E-state index contributed by atoms with van der Waals surface area (Å²) >= 11 is 0. The van der Waals surface area contributed by atoms with Crippen molar-refractivity contribution in [3.63, 3.8) is 0 Å². The molecule has 1 aliphatic heterocycles. The Bertz CT molecular complexity index is 972. The minimum atomic E-state index is -0.938. The first kappa shape index (κ1) is 21.4. The Morgan fingerprint density at radius 1 is 1.47 bits per heavy atom. The summed E-state index contributed by atoms with van der Waals surface area (Å²) in [5.74, 6) is -1.57. The molecule has 2 atom stereocenters. The van der Waals surface area contributed by atoms with Crippen LogP contribution in [-0.2, 0) is 16.0 Å². The van der Waals surface area contributed by atoms with E-state index >= 15 is 0 Å². The van der Waals surface area contributed by atoms with E-state index in [-0.39, 0.29) is 30.5 Å². The molecule has 1 aromatic heterocycles. The van der Waals surface area contributed by atoms with E-state index in [0.29, 0.717) is 30.1 Å². The van der Waals surface area contributed by atoms with Gasteiger partial charge in [0.15, 0.2) is 11.6 Å². The van der Waals surface area contributed by atoms with Crippen molar-refractivity contribution >= 4 is 11.7 Å². The van der Waals surface area contributed by atoms with Gasteiger partial charge < -0.3 is 15.0 Å². The van der Waals surface area contributed by atoms with Gasteiger partial charge in [0.25, 0.3) is 0 Å². The second-order valence-electron chi connectivity index (χ2n) is 7.07. The maximum absolute atomic E-state index is 14.7. The topological polar surface area (TPSA) is 78.2 Å². The van der Waals surface area contributed by atoms with E-state index in [2.05, 4.69) is 16.9 Å². The number of pyridine rings is 1. The number of carbonyl (C=O) groups is 1. The number of aromatic nitrogens is 1. The molecule has 156 valence electrons. The summed E-state index contributed by atoms with van der Waals surface area (Å²) < 4.78 is 34.5. The predicted molar refractivity (Wildman–Crippen MR) is 108 cm³/mol. The molecule has 0 aliphatic carbocycles. The fraction of sp³-hybridized carbons (Fsp3) is 0.318. The van der Waals surface area contributed by atoms with Crippen molar-refractivity contribution < 1.29 is 18.3 Å². The number of ether oxygens (including phenoxy) is 1. The van der Waals surface area contributed by atoms with Crippen LogP contribution in [0.3, 0.4) is 0 Å². The molecular formula is C22H22F2N4O2. The molecule has 1 aromatic carbocycles. The lowest BCUT2D eigenvalue weighted by molar-refractivity contribution is -0.133. The molecule has 1 aliphatic rings. The summed E-state index contributed by atoms with van der Waals surface area (Å²) in [5.41, 5.74) is 1.14. The Hall–Kier alpha value is -3.31. The molecule has 0 spiro atoms. The first-order chi connectivity index (χ1) is 14.4. The van der Waals surface area contributed by atoms with Gasteiger partial charge >= 0.3 is 0 Å². The van der Waals surface area contributed by atoms with Crippen LogP contribution in [0, 0.1) is 23.0 Å². The van der Waals surface area contributed by atoms with Gasteiger partial charge in [-0.25, -0.2) is 13.8 Å². The largest absolute Gasteiger partial charge is 0.370 e. The van der Waals surface area contributed by atoms with Gasteiger partial charge in [-0.1, -0.05) is 12.6 Å². The van der Waals surface area contributed by atoms with Gasteiger partial charge in [0.05, 0.1) is 18.7 Å². The van der Waals surface area contributed by atoms with Crippen LogP contribution in [0.1, 0.15) is 29.7 Å². The number of nitriles is 1. The van der Waals surface area contributed by atoms with E-state index in [0.717, 1.165) is 6.07 Å². The molecule has 0 radical (unpaired) electrons. The van der Waals surface area contributed by atoms with Crippen LogP contribution in [-0.4, -0.2) is 41.5 Å². The van der Waals surface area contributed by atoms with Crippen LogP contribution < -0.4 is 5.32 Å². The molecule has 0 bridgehead atoms. The standard InChI is InChI=1S/C22H22F2N4O2/c1-3-21(29)28-8-9-30-19(13-28)16-5-6-18(23)22(24)17(16)10-14(2)27-20-7-4-15(11-25)12-26-20/h3-7,12,14,19H,1,8-10,13H2,2H3,(H,26,27)/t14-,19+/m0/s1. The quantitative estimate of drug-likeness (QED) is 0.736.